The van der Waals surface area contributed by atoms with Gasteiger partial charge in [-0.2, -0.15) is 0 Å². The molecule has 0 bridgehead atoms. The Labute approximate surface area is 132 Å². The molecule has 1 heterocycles. The van der Waals surface area contributed by atoms with Crippen molar-refractivity contribution in [2.75, 3.05) is 18.0 Å². The highest BCUT2D eigenvalue weighted by atomic mass is 16.3. The fraction of sp³-hybridized carbons (Fsp3) is 0.333. The molecule has 22 heavy (non-hydrogen) atoms. The van der Waals surface area contributed by atoms with Gasteiger partial charge in [0.2, 0.25) is 0 Å². The first-order chi connectivity index (χ1) is 10.7. The first-order valence-corrected chi connectivity index (χ1v) is 7.66. The van der Waals surface area contributed by atoms with E-state index in [0.29, 0.717) is 0 Å². The SMILES string of the molecule is CCN(CC)c1ccc(C=N[C@H](C)c2ccncc2)c(O)c1. The van der Waals surface area contributed by atoms with Crippen molar-refractivity contribution in [1.29, 1.82) is 0 Å². The van der Waals surface area contributed by atoms with Crippen LogP contribution in [0.25, 0.3) is 0 Å². The van der Waals surface area contributed by atoms with E-state index in [9.17, 15) is 5.11 Å². The van der Waals surface area contributed by atoms with Gasteiger partial charge in [-0.25, -0.2) is 0 Å². The van der Waals surface area contributed by atoms with Crippen LogP contribution in [0.15, 0.2) is 47.7 Å². The minimum absolute atomic E-state index is 0.0323. The summed E-state index contributed by atoms with van der Waals surface area (Å²) in [5.41, 5.74) is 2.86. The predicted molar refractivity (Wildman–Crippen MR) is 91.9 cm³/mol. The van der Waals surface area contributed by atoms with Crippen LogP contribution in [0.1, 0.15) is 37.9 Å². The van der Waals surface area contributed by atoms with Gasteiger partial charge in [0, 0.05) is 49.0 Å². The van der Waals surface area contributed by atoms with E-state index in [4.69, 9.17) is 0 Å². The Morgan fingerprint density at radius 1 is 1.18 bits per heavy atom. The van der Waals surface area contributed by atoms with E-state index in [-0.39, 0.29) is 11.8 Å². The second-order valence-electron chi connectivity index (χ2n) is 5.15. The topological polar surface area (TPSA) is 48.7 Å². The molecule has 0 radical (unpaired) electrons. The molecular weight excluding hydrogens is 274 g/mol. The summed E-state index contributed by atoms with van der Waals surface area (Å²) in [4.78, 5) is 10.7. The number of pyridine rings is 1. The summed E-state index contributed by atoms with van der Waals surface area (Å²) >= 11 is 0. The van der Waals surface area contributed by atoms with Gasteiger partial charge in [-0.1, -0.05) is 0 Å². The minimum Gasteiger partial charge on any atom is -0.507 e. The maximum Gasteiger partial charge on any atom is 0.126 e. The molecule has 116 valence electrons. The van der Waals surface area contributed by atoms with Crippen LogP contribution in [0.3, 0.4) is 0 Å². The van der Waals surface area contributed by atoms with E-state index < -0.39 is 0 Å². The van der Waals surface area contributed by atoms with Crippen LogP contribution in [0, 0.1) is 0 Å². The molecular formula is C18H23N3O. The Bertz CT molecular complexity index is 621. The van der Waals surface area contributed by atoms with Crippen molar-refractivity contribution in [3.8, 4) is 5.75 Å². The molecule has 0 aliphatic carbocycles. The smallest absolute Gasteiger partial charge is 0.126 e. The third-order valence-electron chi connectivity index (χ3n) is 3.77. The van der Waals surface area contributed by atoms with Gasteiger partial charge in [0.1, 0.15) is 5.75 Å². The number of phenolic OH excluding ortho intramolecular Hbond substituents is 1. The highest BCUT2D eigenvalue weighted by molar-refractivity contribution is 5.84. The molecule has 0 fully saturated rings. The zero-order valence-corrected chi connectivity index (χ0v) is 13.4. The summed E-state index contributed by atoms with van der Waals surface area (Å²) in [5, 5.41) is 10.2. The van der Waals surface area contributed by atoms with Crippen molar-refractivity contribution in [2.24, 2.45) is 4.99 Å². The number of aromatic nitrogens is 1. The van der Waals surface area contributed by atoms with E-state index in [1.807, 2.05) is 31.2 Å². The van der Waals surface area contributed by atoms with E-state index in [1.165, 1.54) is 0 Å². The van der Waals surface area contributed by atoms with Crippen molar-refractivity contribution < 1.29 is 5.11 Å². The Hall–Kier alpha value is -2.36. The van der Waals surface area contributed by atoms with Gasteiger partial charge in [-0.3, -0.25) is 9.98 Å². The lowest BCUT2D eigenvalue weighted by atomic mass is 10.1. The van der Waals surface area contributed by atoms with Gasteiger partial charge in [0.05, 0.1) is 6.04 Å². The van der Waals surface area contributed by atoms with Gasteiger partial charge >= 0.3 is 0 Å². The van der Waals surface area contributed by atoms with Gasteiger partial charge in [-0.05, 0) is 50.6 Å². The third-order valence-corrected chi connectivity index (χ3v) is 3.77. The summed E-state index contributed by atoms with van der Waals surface area (Å²) in [6.45, 7) is 8.07. The van der Waals surface area contributed by atoms with Crippen LogP contribution in [0.2, 0.25) is 0 Å². The Balaban J connectivity index is 2.15. The van der Waals surface area contributed by atoms with E-state index in [2.05, 4.69) is 28.7 Å². The fourth-order valence-electron chi connectivity index (χ4n) is 2.35. The van der Waals surface area contributed by atoms with Crippen molar-refractivity contribution in [3.63, 3.8) is 0 Å². The van der Waals surface area contributed by atoms with Gasteiger partial charge in [-0.15, -0.1) is 0 Å². The van der Waals surface area contributed by atoms with Crippen LogP contribution in [0.4, 0.5) is 5.69 Å². The molecule has 2 aromatic rings. The molecule has 0 spiro atoms. The fourth-order valence-corrected chi connectivity index (χ4v) is 2.35. The summed E-state index contributed by atoms with van der Waals surface area (Å²) in [5.74, 6) is 0.259. The van der Waals surface area contributed by atoms with Crippen molar-refractivity contribution in [3.05, 3.63) is 53.9 Å². The highest BCUT2D eigenvalue weighted by Crippen LogP contribution is 2.24. The van der Waals surface area contributed by atoms with Crippen LogP contribution < -0.4 is 4.90 Å². The number of anilines is 1. The first kappa shape index (κ1) is 16.0. The standard InChI is InChI=1S/C18H23N3O/c1-4-21(5-2)17-7-6-16(18(22)12-17)13-20-14(3)15-8-10-19-11-9-15/h6-14,22H,4-5H2,1-3H3/t14-/m1/s1. The number of phenols is 1. The van der Waals surface area contributed by atoms with Crippen LogP contribution in [-0.2, 0) is 0 Å². The molecule has 1 atom stereocenters. The highest BCUT2D eigenvalue weighted by Gasteiger charge is 2.06. The largest absolute Gasteiger partial charge is 0.507 e. The Morgan fingerprint density at radius 2 is 1.86 bits per heavy atom. The predicted octanol–water partition coefficient (Wildman–Crippen LogP) is 3.81. The average molecular weight is 297 g/mol. The van der Waals surface area contributed by atoms with Crippen LogP contribution in [-0.4, -0.2) is 29.4 Å². The average Bonchev–Trinajstić information content (AvgIpc) is 2.55. The maximum absolute atomic E-state index is 10.2. The molecule has 1 aromatic carbocycles. The normalized spacial score (nSPS) is 12.5. The molecule has 4 nitrogen and oxygen atoms in total. The number of nitrogens with zero attached hydrogens (tertiary/aromatic N) is 3. The lowest BCUT2D eigenvalue weighted by Gasteiger charge is -2.21. The first-order valence-electron chi connectivity index (χ1n) is 7.66. The van der Waals surface area contributed by atoms with E-state index in [0.717, 1.165) is 29.9 Å². The zero-order chi connectivity index (χ0) is 15.9. The number of rotatable bonds is 6. The van der Waals surface area contributed by atoms with Crippen LogP contribution >= 0.6 is 0 Å². The molecule has 4 heteroatoms. The second-order valence-corrected chi connectivity index (χ2v) is 5.15. The number of hydrogen-bond acceptors (Lipinski definition) is 4. The summed E-state index contributed by atoms with van der Waals surface area (Å²) in [7, 11) is 0. The molecule has 0 aliphatic heterocycles. The van der Waals surface area contributed by atoms with E-state index in [1.54, 1.807) is 24.7 Å². The minimum atomic E-state index is 0.0323. The van der Waals surface area contributed by atoms with Crippen molar-refractivity contribution in [2.45, 2.75) is 26.8 Å². The number of benzene rings is 1. The van der Waals surface area contributed by atoms with Crippen LogP contribution in [0.5, 0.6) is 5.75 Å². The third kappa shape index (κ3) is 3.85. The Kier molecular flexibility index (Phi) is 5.53. The second kappa shape index (κ2) is 7.59. The molecule has 2 rings (SSSR count). The summed E-state index contributed by atoms with van der Waals surface area (Å²) in [6, 6.07) is 9.66. The summed E-state index contributed by atoms with van der Waals surface area (Å²) < 4.78 is 0. The molecule has 1 aromatic heterocycles. The number of aliphatic imine (C=N–C) groups is 1. The molecule has 0 aliphatic rings. The lowest BCUT2D eigenvalue weighted by Crippen LogP contribution is -2.21. The number of aromatic hydroxyl groups is 1. The molecule has 0 amide bonds. The van der Waals surface area contributed by atoms with Crippen molar-refractivity contribution in [1.82, 2.24) is 4.98 Å². The Morgan fingerprint density at radius 3 is 2.45 bits per heavy atom. The molecule has 1 N–H and O–H groups in total. The van der Waals surface area contributed by atoms with Crippen molar-refractivity contribution >= 4 is 11.9 Å². The molecule has 0 unspecified atom stereocenters. The molecule has 0 saturated carbocycles. The quantitative estimate of drug-likeness (QED) is 0.825. The zero-order valence-electron chi connectivity index (χ0n) is 13.4. The van der Waals surface area contributed by atoms with E-state index >= 15 is 0 Å². The lowest BCUT2D eigenvalue weighted by molar-refractivity contribution is 0.474. The monoisotopic (exact) mass is 297 g/mol. The van der Waals surface area contributed by atoms with Gasteiger partial charge in [0.25, 0.3) is 0 Å². The maximum atomic E-state index is 10.2. The van der Waals surface area contributed by atoms with Gasteiger partial charge < -0.3 is 10.0 Å². The van der Waals surface area contributed by atoms with Gasteiger partial charge in [0.15, 0.2) is 0 Å². The summed E-state index contributed by atoms with van der Waals surface area (Å²) in [6.07, 6.45) is 5.25. The number of hydrogen-bond donors (Lipinski definition) is 1. The molecule has 0 saturated heterocycles.